The number of carbonyl (C=O) groups excluding carboxylic acids is 1. The van der Waals surface area contributed by atoms with Crippen molar-refractivity contribution in [2.24, 2.45) is 0 Å². The molecule has 3 aromatic rings. The first-order valence-corrected chi connectivity index (χ1v) is 10.1. The topological polar surface area (TPSA) is 101 Å². The summed E-state index contributed by atoms with van der Waals surface area (Å²) in [4.78, 5) is 21.6. The Morgan fingerprint density at radius 3 is 2.87 bits per heavy atom. The van der Waals surface area contributed by atoms with Crippen LogP contribution in [-0.4, -0.2) is 51.4 Å². The maximum absolute atomic E-state index is 13.1. The second-order valence-electron chi connectivity index (χ2n) is 7.47. The number of aliphatic hydroxyl groups excluding tert-OH is 1. The molecule has 8 nitrogen and oxygen atoms in total. The fraction of sp³-hybridized carbons (Fsp3) is 0.318. The van der Waals surface area contributed by atoms with Gasteiger partial charge in [-0.2, -0.15) is 4.98 Å². The van der Waals surface area contributed by atoms with E-state index in [2.05, 4.69) is 20.6 Å². The molecule has 0 aliphatic carbocycles. The lowest BCUT2D eigenvalue weighted by molar-refractivity contribution is 0.0916. The second kappa shape index (κ2) is 9.23. The van der Waals surface area contributed by atoms with E-state index in [1.165, 1.54) is 24.3 Å². The summed E-state index contributed by atoms with van der Waals surface area (Å²) in [5, 5.41) is 15.7. The van der Waals surface area contributed by atoms with Crippen molar-refractivity contribution in [1.29, 1.82) is 0 Å². The number of benzene rings is 1. The van der Waals surface area contributed by atoms with Gasteiger partial charge in [-0.3, -0.25) is 4.79 Å². The second-order valence-corrected chi connectivity index (χ2v) is 7.47. The molecule has 0 radical (unpaired) electrons. The van der Waals surface area contributed by atoms with Crippen LogP contribution in [0.2, 0.25) is 0 Å². The highest BCUT2D eigenvalue weighted by atomic mass is 19.1. The van der Waals surface area contributed by atoms with Crippen LogP contribution in [0, 0.1) is 12.7 Å². The third-order valence-electron chi connectivity index (χ3n) is 5.17. The summed E-state index contributed by atoms with van der Waals surface area (Å²) in [5.41, 5.74) is 1.89. The van der Waals surface area contributed by atoms with Gasteiger partial charge in [0.05, 0.1) is 30.9 Å². The van der Waals surface area contributed by atoms with Crippen molar-refractivity contribution in [2.75, 3.05) is 25.1 Å². The molecule has 1 aromatic carbocycles. The van der Waals surface area contributed by atoms with Gasteiger partial charge in [-0.25, -0.2) is 9.37 Å². The first-order valence-electron chi connectivity index (χ1n) is 10.1. The number of amides is 1. The molecule has 0 bridgehead atoms. The number of halogens is 1. The Morgan fingerprint density at radius 2 is 2.16 bits per heavy atom. The summed E-state index contributed by atoms with van der Waals surface area (Å²) >= 11 is 0. The van der Waals surface area contributed by atoms with Crippen LogP contribution in [0.25, 0.3) is 5.82 Å². The molecule has 1 unspecified atom stereocenters. The maximum Gasteiger partial charge on any atom is 0.253 e. The molecule has 1 aliphatic heterocycles. The van der Waals surface area contributed by atoms with Crippen LogP contribution in [-0.2, 0) is 4.74 Å². The van der Waals surface area contributed by atoms with Crippen molar-refractivity contribution >= 4 is 11.9 Å². The number of hydrogen-bond acceptors (Lipinski definition) is 6. The average Bonchev–Trinajstić information content (AvgIpc) is 3.46. The van der Waals surface area contributed by atoms with Gasteiger partial charge in [0.1, 0.15) is 11.6 Å². The summed E-state index contributed by atoms with van der Waals surface area (Å²) in [6.45, 7) is 2.94. The summed E-state index contributed by atoms with van der Waals surface area (Å²) in [5.74, 6) is 0.439. The summed E-state index contributed by atoms with van der Waals surface area (Å²) in [6, 6.07) is 6.88. The van der Waals surface area contributed by atoms with E-state index in [-0.39, 0.29) is 24.4 Å². The van der Waals surface area contributed by atoms with Crippen molar-refractivity contribution in [3.05, 3.63) is 71.4 Å². The summed E-state index contributed by atoms with van der Waals surface area (Å²) in [6.07, 6.45) is 6.06. The highest BCUT2D eigenvalue weighted by molar-refractivity contribution is 5.94. The predicted octanol–water partition coefficient (Wildman–Crippen LogP) is 2.38. The standard InChI is InChI=1S/C22H24FN5O3/c1-14-10-24-22(25-18-7-9-31-13-18)27-20(14)28-8-6-16(11-28)21(30)26-19(12-29)15-2-4-17(23)5-3-15/h2-6,8,10-11,18-19,29H,7,9,12-13H2,1H3,(H,26,30)(H,24,25,27)/t18-,19?/m0/s1. The van der Waals surface area contributed by atoms with Gasteiger partial charge in [-0.05, 0) is 37.1 Å². The molecule has 2 atom stereocenters. The Labute approximate surface area is 179 Å². The first-order chi connectivity index (χ1) is 15.0. The third-order valence-corrected chi connectivity index (χ3v) is 5.17. The molecule has 1 saturated heterocycles. The van der Waals surface area contributed by atoms with Crippen LogP contribution in [0.1, 0.15) is 33.9 Å². The van der Waals surface area contributed by atoms with Crippen LogP contribution in [0.3, 0.4) is 0 Å². The molecule has 0 spiro atoms. The Kier molecular flexibility index (Phi) is 6.24. The van der Waals surface area contributed by atoms with E-state index in [1.807, 2.05) is 6.92 Å². The van der Waals surface area contributed by atoms with Gasteiger partial charge in [-0.1, -0.05) is 12.1 Å². The van der Waals surface area contributed by atoms with E-state index in [1.54, 1.807) is 29.2 Å². The lowest BCUT2D eigenvalue weighted by Crippen LogP contribution is -2.30. The minimum absolute atomic E-state index is 0.184. The van der Waals surface area contributed by atoms with E-state index < -0.39 is 6.04 Å². The van der Waals surface area contributed by atoms with Crippen molar-refractivity contribution in [1.82, 2.24) is 19.9 Å². The van der Waals surface area contributed by atoms with Crippen molar-refractivity contribution in [3.63, 3.8) is 0 Å². The van der Waals surface area contributed by atoms with Crippen molar-refractivity contribution in [2.45, 2.75) is 25.4 Å². The molecule has 1 fully saturated rings. The number of ether oxygens (including phenoxy) is 1. The average molecular weight is 425 g/mol. The minimum atomic E-state index is -0.637. The number of rotatable bonds is 7. The molecule has 31 heavy (non-hydrogen) atoms. The van der Waals surface area contributed by atoms with E-state index in [0.29, 0.717) is 29.5 Å². The molecule has 3 N–H and O–H groups in total. The van der Waals surface area contributed by atoms with E-state index in [4.69, 9.17) is 4.74 Å². The molecule has 3 heterocycles. The molecular formula is C22H24FN5O3. The van der Waals surface area contributed by atoms with Gasteiger partial charge in [0.2, 0.25) is 5.95 Å². The number of aliphatic hydroxyl groups is 1. The van der Waals surface area contributed by atoms with Gasteiger partial charge >= 0.3 is 0 Å². The normalized spacial score (nSPS) is 16.8. The molecule has 0 saturated carbocycles. The zero-order valence-corrected chi connectivity index (χ0v) is 17.1. The minimum Gasteiger partial charge on any atom is -0.394 e. The molecule has 9 heteroatoms. The lowest BCUT2D eigenvalue weighted by Gasteiger charge is -2.16. The summed E-state index contributed by atoms with van der Waals surface area (Å²) in [7, 11) is 0. The third kappa shape index (κ3) is 4.89. The smallest absolute Gasteiger partial charge is 0.253 e. The molecule has 4 rings (SSSR count). The predicted molar refractivity (Wildman–Crippen MR) is 113 cm³/mol. The van der Waals surface area contributed by atoms with E-state index in [9.17, 15) is 14.3 Å². The molecule has 2 aromatic heterocycles. The molecule has 1 amide bonds. The molecule has 162 valence electrons. The highest BCUT2D eigenvalue weighted by Gasteiger charge is 2.19. The van der Waals surface area contributed by atoms with Crippen LogP contribution in [0.5, 0.6) is 0 Å². The Hall–Kier alpha value is -3.30. The monoisotopic (exact) mass is 425 g/mol. The Morgan fingerprint density at radius 1 is 1.35 bits per heavy atom. The SMILES string of the molecule is Cc1cnc(N[C@H]2CCOC2)nc1-n1ccc(C(=O)NC(CO)c2ccc(F)cc2)c1. The zero-order chi connectivity index (χ0) is 21.8. The number of carbonyl (C=O) groups is 1. The van der Waals surface area contributed by atoms with Crippen molar-refractivity contribution < 1.29 is 19.0 Å². The van der Waals surface area contributed by atoms with Gasteiger partial charge in [0, 0.05) is 30.8 Å². The lowest BCUT2D eigenvalue weighted by atomic mass is 10.1. The Bertz CT molecular complexity index is 1050. The molecule has 1 aliphatic rings. The fourth-order valence-electron chi connectivity index (χ4n) is 3.43. The quantitative estimate of drug-likeness (QED) is 0.537. The highest BCUT2D eigenvalue weighted by Crippen LogP contribution is 2.18. The first kappa shape index (κ1) is 21.0. The maximum atomic E-state index is 13.1. The largest absolute Gasteiger partial charge is 0.394 e. The number of aromatic nitrogens is 3. The molecular weight excluding hydrogens is 401 g/mol. The summed E-state index contributed by atoms with van der Waals surface area (Å²) < 4.78 is 20.3. The fourth-order valence-corrected chi connectivity index (χ4v) is 3.43. The number of hydrogen-bond donors (Lipinski definition) is 3. The van der Waals surface area contributed by atoms with Gasteiger partial charge in [0.15, 0.2) is 0 Å². The zero-order valence-electron chi connectivity index (χ0n) is 17.1. The van der Waals surface area contributed by atoms with E-state index >= 15 is 0 Å². The van der Waals surface area contributed by atoms with Gasteiger partial charge < -0.3 is 25.0 Å². The number of aryl methyl sites for hydroxylation is 1. The van der Waals surface area contributed by atoms with Crippen molar-refractivity contribution in [3.8, 4) is 5.82 Å². The van der Waals surface area contributed by atoms with Crippen LogP contribution < -0.4 is 10.6 Å². The number of anilines is 1. The van der Waals surface area contributed by atoms with E-state index in [0.717, 1.165) is 18.6 Å². The number of nitrogens with one attached hydrogen (secondary N) is 2. The Balaban J connectivity index is 1.49. The van der Waals surface area contributed by atoms with Crippen LogP contribution >= 0.6 is 0 Å². The number of nitrogens with zero attached hydrogens (tertiary/aromatic N) is 3. The van der Waals surface area contributed by atoms with Crippen LogP contribution in [0.15, 0.2) is 48.9 Å². The van der Waals surface area contributed by atoms with Gasteiger partial charge in [-0.15, -0.1) is 0 Å². The van der Waals surface area contributed by atoms with Crippen LogP contribution in [0.4, 0.5) is 10.3 Å². The van der Waals surface area contributed by atoms with Gasteiger partial charge in [0.25, 0.3) is 5.91 Å².